The summed E-state index contributed by atoms with van der Waals surface area (Å²) in [5.74, 6) is 0.778. The van der Waals surface area contributed by atoms with Crippen LogP contribution >= 0.6 is 0 Å². The summed E-state index contributed by atoms with van der Waals surface area (Å²) in [6.07, 6.45) is 4.96. The van der Waals surface area contributed by atoms with E-state index in [2.05, 4.69) is 11.9 Å². The van der Waals surface area contributed by atoms with Crippen LogP contribution in [0.2, 0.25) is 0 Å². The molecule has 2 bridgehead atoms. The van der Waals surface area contributed by atoms with Gasteiger partial charge in [-0.25, -0.2) is 0 Å². The third kappa shape index (κ3) is 1.21. The predicted molar refractivity (Wildman–Crippen MR) is 44.5 cm³/mol. The first-order valence-electron chi connectivity index (χ1n) is 4.37. The lowest BCUT2D eigenvalue weighted by Gasteiger charge is -2.13. The van der Waals surface area contributed by atoms with E-state index in [1.54, 1.807) is 0 Å². The van der Waals surface area contributed by atoms with Gasteiger partial charge in [-0.1, -0.05) is 6.08 Å². The number of fused-ring (bicyclic) bond motifs is 2. The molecule has 0 radical (unpaired) electrons. The van der Waals surface area contributed by atoms with E-state index >= 15 is 0 Å². The maximum absolute atomic E-state index is 5.66. The number of hydrogen-bond acceptors (Lipinski definition) is 2. The number of piperidine rings is 1. The van der Waals surface area contributed by atoms with Gasteiger partial charge in [0.1, 0.15) is 0 Å². The second kappa shape index (κ2) is 2.95. The van der Waals surface area contributed by atoms with E-state index in [1.165, 1.54) is 12.8 Å². The summed E-state index contributed by atoms with van der Waals surface area (Å²) in [6.45, 7) is 5.51. The summed E-state index contributed by atoms with van der Waals surface area (Å²) < 4.78 is 5.66. The lowest BCUT2D eigenvalue weighted by atomic mass is 10.1. The molecule has 2 heteroatoms. The Hall–Kier alpha value is -0.340. The van der Waals surface area contributed by atoms with Gasteiger partial charge in [0.2, 0.25) is 0 Å². The van der Waals surface area contributed by atoms with Gasteiger partial charge < -0.3 is 10.1 Å². The molecule has 2 rings (SSSR count). The van der Waals surface area contributed by atoms with E-state index in [0.717, 1.165) is 12.5 Å². The molecule has 2 aliphatic rings. The molecular weight excluding hydrogens is 138 g/mol. The molecule has 1 aliphatic heterocycles. The molecule has 0 spiro atoms. The quantitative estimate of drug-likeness (QED) is 0.609. The largest absolute Gasteiger partial charge is 0.372 e. The number of rotatable bonds is 3. The van der Waals surface area contributed by atoms with Gasteiger partial charge in [0, 0.05) is 12.6 Å². The molecule has 1 aliphatic carbocycles. The van der Waals surface area contributed by atoms with E-state index in [-0.39, 0.29) is 0 Å². The van der Waals surface area contributed by atoms with Crippen molar-refractivity contribution >= 4 is 0 Å². The van der Waals surface area contributed by atoms with Gasteiger partial charge in [-0.3, -0.25) is 0 Å². The van der Waals surface area contributed by atoms with Crippen molar-refractivity contribution in [2.24, 2.45) is 5.92 Å². The molecule has 1 heterocycles. The highest BCUT2D eigenvalue weighted by atomic mass is 16.5. The van der Waals surface area contributed by atoms with Crippen molar-refractivity contribution in [2.75, 3.05) is 13.2 Å². The fourth-order valence-corrected chi connectivity index (χ4v) is 2.22. The zero-order valence-electron chi connectivity index (χ0n) is 6.75. The lowest BCUT2D eigenvalue weighted by molar-refractivity contribution is 0.0575. The Labute approximate surface area is 67.6 Å². The Morgan fingerprint density at radius 1 is 1.55 bits per heavy atom. The smallest absolute Gasteiger partial charge is 0.0772 e. The average Bonchev–Trinajstić information content (AvgIpc) is 2.59. The molecule has 3 atom stereocenters. The zero-order valence-corrected chi connectivity index (χ0v) is 6.75. The fourth-order valence-electron chi connectivity index (χ4n) is 2.22. The number of ether oxygens (including phenoxy) is 1. The highest BCUT2D eigenvalue weighted by molar-refractivity contribution is 4.98. The summed E-state index contributed by atoms with van der Waals surface area (Å²) in [6, 6.07) is 0.639. The van der Waals surface area contributed by atoms with Crippen molar-refractivity contribution in [3.8, 4) is 0 Å². The monoisotopic (exact) mass is 153 g/mol. The summed E-state index contributed by atoms with van der Waals surface area (Å²) in [5.41, 5.74) is 0. The van der Waals surface area contributed by atoms with Crippen molar-refractivity contribution < 1.29 is 4.74 Å². The fraction of sp³-hybridized carbons (Fsp3) is 0.778. The van der Waals surface area contributed by atoms with Crippen LogP contribution in [0.4, 0.5) is 0 Å². The summed E-state index contributed by atoms with van der Waals surface area (Å²) >= 11 is 0. The van der Waals surface area contributed by atoms with Crippen LogP contribution in [-0.2, 0) is 4.74 Å². The van der Waals surface area contributed by atoms with E-state index in [1.807, 2.05) is 6.08 Å². The average molecular weight is 153 g/mol. The van der Waals surface area contributed by atoms with Crippen LogP contribution in [0.5, 0.6) is 0 Å². The van der Waals surface area contributed by atoms with E-state index in [4.69, 9.17) is 4.74 Å². The highest BCUT2D eigenvalue weighted by Crippen LogP contribution is 2.33. The third-order valence-corrected chi connectivity index (χ3v) is 2.76. The normalized spacial score (nSPS) is 41.3. The van der Waals surface area contributed by atoms with Gasteiger partial charge in [-0.05, 0) is 18.8 Å². The topological polar surface area (TPSA) is 21.3 Å². The zero-order chi connectivity index (χ0) is 7.68. The van der Waals surface area contributed by atoms with Gasteiger partial charge in [-0.15, -0.1) is 6.58 Å². The lowest BCUT2D eigenvalue weighted by Crippen LogP contribution is -2.29. The molecule has 2 fully saturated rings. The molecule has 1 saturated carbocycles. The first-order chi connectivity index (χ1) is 5.42. The van der Waals surface area contributed by atoms with E-state index < -0.39 is 0 Å². The van der Waals surface area contributed by atoms with Crippen LogP contribution in [-0.4, -0.2) is 25.3 Å². The van der Waals surface area contributed by atoms with Crippen molar-refractivity contribution in [3.63, 3.8) is 0 Å². The Bertz CT molecular complexity index is 138. The Kier molecular flexibility index (Phi) is 1.96. The molecule has 0 amide bonds. The second-order valence-corrected chi connectivity index (χ2v) is 3.44. The van der Waals surface area contributed by atoms with Gasteiger partial charge in [0.05, 0.1) is 12.7 Å². The second-order valence-electron chi connectivity index (χ2n) is 3.44. The summed E-state index contributed by atoms with van der Waals surface area (Å²) in [4.78, 5) is 0. The maximum atomic E-state index is 5.66. The van der Waals surface area contributed by atoms with E-state index in [9.17, 15) is 0 Å². The molecular formula is C9H15NO. The van der Waals surface area contributed by atoms with E-state index in [0.29, 0.717) is 18.8 Å². The molecule has 1 N–H and O–H groups in total. The van der Waals surface area contributed by atoms with Crippen LogP contribution in [0.3, 0.4) is 0 Å². The predicted octanol–water partition coefficient (Wildman–Crippen LogP) is 0.939. The first-order valence-corrected chi connectivity index (χ1v) is 4.37. The molecule has 0 aromatic rings. The maximum Gasteiger partial charge on any atom is 0.0772 e. The molecule has 0 aromatic carbocycles. The third-order valence-electron chi connectivity index (χ3n) is 2.76. The van der Waals surface area contributed by atoms with Crippen molar-refractivity contribution in [3.05, 3.63) is 12.7 Å². The van der Waals surface area contributed by atoms with Gasteiger partial charge in [-0.2, -0.15) is 0 Å². The SMILES string of the molecule is C=CCO[C@H]1[C@H]2CC[C@H]1NC2. The number of hydrogen-bond donors (Lipinski definition) is 1. The van der Waals surface area contributed by atoms with Crippen LogP contribution < -0.4 is 5.32 Å². The molecule has 62 valence electrons. The Morgan fingerprint density at radius 3 is 2.91 bits per heavy atom. The molecule has 11 heavy (non-hydrogen) atoms. The van der Waals surface area contributed by atoms with Crippen LogP contribution in [0.15, 0.2) is 12.7 Å². The minimum atomic E-state index is 0.480. The van der Waals surface area contributed by atoms with Crippen LogP contribution in [0.1, 0.15) is 12.8 Å². The Balaban J connectivity index is 1.89. The molecule has 1 saturated heterocycles. The number of nitrogens with one attached hydrogen (secondary N) is 1. The molecule has 0 unspecified atom stereocenters. The minimum Gasteiger partial charge on any atom is -0.372 e. The van der Waals surface area contributed by atoms with Gasteiger partial charge in [0.25, 0.3) is 0 Å². The summed E-state index contributed by atoms with van der Waals surface area (Å²) in [5, 5.41) is 3.46. The van der Waals surface area contributed by atoms with Crippen molar-refractivity contribution in [1.82, 2.24) is 5.32 Å². The Morgan fingerprint density at radius 2 is 2.45 bits per heavy atom. The van der Waals surface area contributed by atoms with Crippen molar-refractivity contribution in [1.29, 1.82) is 0 Å². The van der Waals surface area contributed by atoms with Crippen LogP contribution in [0.25, 0.3) is 0 Å². The molecule has 2 nitrogen and oxygen atoms in total. The highest BCUT2D eigenvalue weighted by Gasteiger charge is 2.41. The van der Waals surface area contributed by atoms with Crippen LogP contribution in [0, 0.1) is 5.92 Å². The van der Waals surface area contributed by atoms with Crippen molar-refractivity contribution in [2.45, 2.75) is 25.0 Å². The molecule has 0 aromatic heterocycles. The van der Waals surface area contributed by atoms with Gasteiger partial charge >= 0.3 is 0 Å². The minimum absolute atomic E-state index is 0.480. The standard InChI is InChI=1S/C9H15NO/c1-2-5-11-9-7-3-4-8(9)10-6-7/h2,7-10H,1,3-6H2/t7-,8+,9-/m0/s1. The summed E-state index contributed by atoms with van der Waals surface area (Å²) in [7, 11) is 0. The first kappa shape index (κ1) is 7.32. The van der Waals surface area contributed by atoms with Gasteiger partial charge in [0.15, 0.2) is 0 Å².